The Labute approximate surface area is 115 Å². The minimum atomic E-state index is -2.97. The molecular formula is C12H24N2O2S2. The maximum Gasteiger partial charge on any atom is 0.164 e. The quantitative estimate of drug-likeness (QED) is 0.834. The van der Waals surface area contributed by atoms with Gasteiger partial charge in [-0.3, -0.25) is 4.90 Å². The molecule has 2 aliphatic heterocycles. The van der Waals surface area contributed by atoms with Gasteiger partial charge in [0.25, 0.3) is 0 Å². The highest BCUT2D eigenvalue weighted by Gasteiger charge is 2.36. The van der Waals surface area contributed by atoms with Gasteiger partial charge in [-0.25, -0.2) is 8.42 Å². The van der Waals surface area contributed by atoms with Gasteiger partial charge in [0.05, 0.1) is 0 Å². The van der Waals surface area contributed by atoms with Crippen molar-refractivity contribution in [1.29, 1.82) is 0 Å². The summed E-state index contributed by atoms with van der Waals surface area (Å²) < 4.78 is 23.7. The predicted octanol–water partition coefficient (Wildman–Crippen LogP) is 0.796. The third kappa shape index (κ3) is 3.62. The fourth-order valence-electron chi connectivity index (χ4n) is 2.93. The Kier molecular flexibility index (Phi) is 4.62. The zero-order valence-electron chi connectivity index (χ0n) is 11.3. The topological polar surface area (TPSA) is 49.4 Å². The average Bonchev–Trinajstić information content (AvgIpc) is 2.28. The van der Waals surface area contributed by atoms with E-state index in [9.17, 15) is 8.42 Å². The number of piperidine rings is 1. The summed E-state index contributed by atoms with van der Waals surface area (Å²) in [6.45, 7) is 6.19. The first-order valence-electron chi connectivity index (χ1n) is 6.62. The van der Waals surface area contributed by atoms with Crippen LogP contribution in [0.15, 0.2) is 0 Å². The Hall–Kier alpha value is 0.220. The molecule has 106 valence electrons. The van der Waals surface area contributed by atoms with Crippen molar-refractivity contribution in [3.63, 3.8) is 0 Å². The highest BCUT2D eigenvalue weighted by atomic mass is 32.2. The van der Waals surface area contributed by atoms with Crippen molar-refractivity contribution in [3.8, 4) is 0 Å². The summed E-state index contributed by atoms with van der Waals surface area (Å²) in [7, 11) is -2.97. The predicted molar refractivity (Wildman–Crippen MR) is 77.7 cm³/mol. The molecule has 0 spiro atoms. The van der Waals surface area contributed by atoms with Crippen molar-refractivity contribution >= 4 is 21.6 Å². The smallest absolute Gasteiger partial charge is 0.164 e. The second-order valence-corrected chi connectivity index (χ2v) is 9.27. The van der Waals surface area contributed by atoms with Gasteiger partial charge >= 0.3 is 0 Å². The first-order valence-corrected chi connectivity index (χ1v) is 9.73. The molecule has 2 unspecified atom stereocenters. The molecule has 2 fully saturated rings. The normalized spacial score (nSPS) is 35.6. The number of hydrogen-bond acceptors (Lipinski definition) is 5. The summed E-state index contributed by atoms with van der Waals surface area (Å²) in [6.07, 6.45) is 3.76. The molecule has 2 rings (SSSR count). The second kappa shape index (κ2) is 5.69. The van der Waals surface area contributed by atoms with Crippen LogP contribution in [0, 0.1) is 5.41 Å². The Morgan fingerprint density at radius 3 is 2.89 bits per heavy atom. The third-order valence-electron chi connectivity index (χ3n) is 3.96. The van der Waals surface area contributed by atoms with Crippen LogP contribution in [0.3, 0.4) is 0 Å². The van der Waals surface area contributed by atoms with Crippen LogP contribution in [0.4, 0.5) is 0 Å². The zero-order valence-corrected chi connectivity index (χ0v) is 12.9. The average molecular weight is 292 g/mol. The molecule has 0 aromatic rings. The van der Waals surface area contributed by atoms with Crippen molar-refractivity contribution in [2.45, 2.75) is 25.1 Å². The number of sulfone groups is 1. The Bertz CT molecular complexity index is 378. The van der Waals surface area contributed by atoms with Gasteiger partial charge in [-0.05, 0) is 24.8 Å². The monoisotopic (exact) mass is 292 g/mol. The zero-order chi connectivity index (χ0) is 13.2. The summed E-state index contributed by atoms with van der Waals surface area (Å²) in [5.74, 6) is 1.78. The number of hydrogen-bond donors (Lipinski definition) is 1. The number of nitrogens with one attached hydrogen (secondary N) is 1. The summed E-state index contributed by atoms with van der Waals surface area (Å²) in [5.41, 5.74) is 0.225. The molecule has 18 heavy (non-hydrogen) atoms. The van der Waals surface area contributed by atoms with Crippen LogP contribution >= 0.6 is 11.8 Å². The Balaban J connectivity index is 2.05. The first-order chi connectivity index (χ1) is 8.41. The van der Waals surface area contributed by atoms with E-state index in [1.807, 2.05) is 0 Å². The molecule has 1 N–H and O–H groups in total. The summed E-state index contributed by atoms with van der Waals surface area (Å²) >= 11 is 1.76. The van der Waals surface area contributed by atoms with Crippen molar-refractivity contribution in [3.05, 3.63) is 0 Å². The highest BCUT2D eigenvalue weighted by molar-refractivity contribution is 8.00. The van der Waals surface area contributed by atoms with Gasteiger partial charge in [0.2, 0.25) is 0 Å². The van der Waals surface area contributed by atoms with Gasteiger partial charge < -0.3 is 5.32 Å². The van der Waals surface area contributed by atoms with Crippen LogP contribution in [0.2, 0.25) is 0 Å². The fraction of sp³-hybridized carbons (Fsp3) is 1.00. The molecular weight excluding hydrogens is 268 g/mol. The van der Waals surface area contributed by atoms with E-state index >= 15 is 0 Å². The van der Waals surface area contributed by atoms with Crippen LogP contribution in [0.1, 0.15) is 19.8 Å². The Morgan fingerprint density at radius 2 is 2.28 bits per heavy atom. The largest absolute Gasteiger partial charge is 0.316 e. The van der Waals surface area contributed by atoms with E-state index in [1.165, 1.54) is 19.1 Å². The molecule has 0 aromatic carbocycles. The van der Waals surface area contributed by atoms with Gasteiger partial charge in [-0.1, -0.05) is 6.92 Å². The molecule has 0 saturated carbocycles. The van der Waals surface area contributed by atoms with Crippen LogP contribution in [-0.4, -0.2) is 62.6 Å². The molecule has 2 heterocycles. The summed E-state index contributed by atoms with van der Waals surface area (Å²) in [4.78, 5) is 2.19. The second-order valence-electron chi connectivity index (χ2n) is 5.92. The van der Waals surface area contributed by atoms with Crippen molar-refractivity contribution in [2.24, 2.45) is 5.41 Å². The third-order valence-corrected chi connectivity index (χ3v) is 6.64. The van der Waals surface area contributed by atoms with E-state index < -0.39 is 9.84 Å². The van der Waals surface area contributed by atoms with Gasteiger partial charge in [-0.2, -0.15) is 11.8 Å². The number of rotatable bonds is 3. The van der Waals surface area contributed by atoms with Gasteiger partial charge in [0, 0.05) is 37.4 Å². The van der Waals surface area contributed by atoms with Crippen molar-refractivity contribution in [2.75, 3.05) is 43.9 Å². The van der Waals surface area contributed by atoms with Crippen LogP contribution in [0.25, 0.3) is 0 Å². The fourth-order valence-corrected chi connectivity index (χ4v) is 5.88. The molecule has 2 atom stereocenters. The van der Waals surface area contributed by atoms with E-state index in [-0.39, 0.29) is 10.8 Å². The molecule has 0 amide bonds. The van der Waals surface area contributed by atoms with Crippen LogP contribution in [-0.2, 0) is 9.84 Å². The number of nitrogens with zero attached hydrogens (tertiary/aromatic N) is 1. The maximum atomic E-state index is 11.9. The molecule has 2 aliphatic rings. The molecule has 0 aromatic heterocycles. The van der Waals surface area contributed by atoms with E-state index in [4.69, 9.17) is 0 Å². The molecule has 0 aliphatic carbocycles. The van der Waals surface area contributed by atoms with E-state index in [2.05, 4.69) is 17.1 Å². The lowest BCUT2D eigenvalue weighted by atomic mass is 9.82. The maximum absolute atomic E-state index is 11.9. The van der Waals surface area contributed by atoms with E-state index in [1.54, 1.807) is 11.8 Å². The molecule has 0 bridgehead atoms. The Morgan fingerprint density at radius 1 is 1.50 bits per heavy atom. The highest BCUT2D eigenvalue weighted by Crippen LogP contribution is 2.30. The lowest BCUT2D eigenvalue weighted by molar-refractivity contribution is 0.130. The van der Waals surface area contributed by atoms with Gasteiger partial charge in [0.1, 0.15) is 5.37 Å². The number of thioether (sulfide) groups is 1. The standard InChI is InChI=1S/C12H24N2O2S2/c1-12(4-3-5-13-9-12)10-14-6-7-17-8-11(14)18(2,15)16/h11,13H,3-10H2,1-2H3. The molecule has 0 radical (unpaired) electrons. The lowest BCUT2D eigenvalue weighted by Crippen LogP contribution is -2.53. The SMILES string of the molecule is CC1(CN2CCSCC2S(C)(=O)=O)CCCNC1. The summed E-state index contributed by atoms with van der Waals surface area (Å²) in [6, 6.07) is 0. The van der Waals surface area contributed by atoms with Gasteiger partial charge in [0.15, 0.2) is 9.84 Å². The molecule has 2 saturated heterocycles. The van der Waals surface area contributed by atoms with Crippen molar-refractivity contribution < 1.29 is 8.42 Å². The molecule has 4 nitrogen and oxygen atoms in total. The summed E-state index contributed by atoms with van der Waals surface area (Å²) in [5, 5.41) is 3.15. The minimum Gasteiger partial charge on any atom is -0.316 e. The van der Waals surface area contributed by atoms with Gasteiger partial charge in [-0.15, -0.1) is 0 Å². The van der Waals surface area contributed by atoms with Crippen molar-refractivity contribution in [1.82, 2.24) is 10.2 Å². The molecule has 6 heteroatoms. The minimum absolute atomic E-state index is 0.225. The van der Waals surface area contributed by atoms with E-state index in [0.29, 0.717) is 0 Å². The van der Waals surface area contributed by atoms with Crippen LogP contribution in [0.5, 0.6) is 0 Å². The van der Waals surface area contributed by atoms with Crippen LogP contribution < -0.4 is 5.32 Å². The first kappa shape index (κ1) is 14.6. The van der Waals surface area contributed by atoms with E-state index in [0.717, 1.165) is 37.7 Å². The lowest BCUT2D eigenvalue weighted by Gasteiger charge is -2.42.